The molecule has 2 aromatic heterocycles. The van der Waals surface area contributed by atoms with Gasteiger partial charge >= 0.3 is 0 Å². The summed E-state index contributed by atoms with van der Waals surface area (Å²) in [4.78, 5) is 20.4. The van der Waals surface area contributed by atoms with Gasteiger partial charge in [-0.1, -0.05) is 54.6 Å². The van der Waals surface area contributed by atoms with Crippen LogP contribution in [0.4, 0.5) is 5.69 Å². The van der Waals surface area contributed by atoms with Gasteiger partial charge in [-0.3, -0.25) is 9.78 Å². The lowest BCUT2D eigenvalue weighted by atomic mass is 9.91. The monoisotopic (exact) mass is 488 g/mol. The number of carbonyl (C=O) groups is 1. The lowest BCUT2D eigenvalue weighted by Gasteiger charge is -2.14. The van der Waals surface area contributed by atoms with Gasteiger partial charge < -0.3 is 20.8 Å². The number of amides is 1. The van der Waals surface area contributed by atoms with E-state index in [1.165, 1.54) is 10.9 Å². The summed E-state index contributed by atoms with van der Waals surface area (Å²) in [6, 6.07) is 26.2. The highest BCUT2D eigenvalue weighted by Crippen LogP contribution is 2.38. The molecule has 1 unspecified atom stereocenters. The van der Waals surface area contributed by atoms with Crippen LogP contribution in [0.3, 0.4) is 0 Å². The van der Waals surface area contributed by atoms with Crippen LogP contribution in [0.5, 0.6) is 5.75 Å². The average Bonchev–Trinajstić information content (AvgIpc) is 3.48. The Morgan fingerprint density at radius 3 is 2.68 bits per heavy atom. The largest absolute Gasteiger partial charge is 0.490 e. The van der Waals surface area contributed by atoms with Crippen LogP contribution in [0.1, 0.15) is 22.6 Å². The second-order valence-corrected chi connectivity index (χ2v) is 9.58. The Hall–Kier alpha value is -4.42. The predicted molar refractivity (Wildman–Crippen MR) is 147 cm³/mol. The fraction of sp³-hybridized carbons (Fsp3) is 0.161. The van der Waals surface area contributed by atoms with E-state index in [0.717, 1.165) is 33.5 Å². The minimum Gasteiger partial charge on any atom is -0.490 e. The van der Waals surface area contributed by atoms with Gasteiger partial charge in [0.15, 0.2) is 0 Å². The number of carbonyl (C=O) groups excluding carboxylic acids is 1. The fourth-order valence-corrected chi connectivity index (χ4v) is 5.06. The molecule has 0 saturated heterocycles. The number of pyridine rings is 1. The third-order valence-corrected chi connectivity index (χ3v) is 6.95. The van der Waals surface area contributed by atoms with Crippen LogP contribution in [-0.2, 0) is 17.6 Å². The number of benzene rings is 3. The molecule has 0 aliphatic carbocycles. The topological polar surface area (TPSA) is 93.0 Å². The number of rotatable bonds is 8. The SMILES string of the molecule is N[C@H](COc1cncc(-c2ccc3c(c2)C(Cc2ccccc2)C(=O)N3)c1)Cc1c[nH]c2ccccc12. The molecule has 0 fully saturated rings. The third kappa shape index (κ3) is 4.84. The molecule has 184 valence electrons. The molecular formula is C31H28N4O2. The van der Waals surface area contributed by atoms with Gasteiger partial charge in [0.05, 0.1) is 12.1 Å². The summed E-state index contributed by atoms with van der Waals surface area (Å²) in [6.45, 7) is 0.381. The number of nitrogens with zero attached hydrogens (tertiary/aromatic N) is 1. The molecule has 1 aliphatic rings. The van der Waals surface area contributed by atoms with Gasteiger partial charge in [0.1, 0.15) is 12.4 Å². The molecule has 0 radical (unpaired) electrons. The number of aromatic nitrogens is 2. The molecule has 0 saturated carbocycles. The molecule has 6 nitrogen and oxygen atoms in total. The molecular weight excluding hydrogens is 460 g/mol. The van der Waals surface area contributed by atoms with E-state index >= 15 is 0 Å². The second kappa shape index (κ2) is 9.91. The van der Waals surface area contributed by atoms with Crippen LogP contribution < -0.4 is 15.8 Å². The van der Waals surface area contributed by atoms with Crippen LogP contribution in [0.15, 0.2) is 97.5 Å². The van der Waals surface area contributed by atoms with Crippen LogP contribution in [0.25, 0.3) is 22.0 Å². The molecule has 0 spiro atoms. The minimum atomic E-state index is -0.216. The molecule has 6 rings (SSSR count). The molecule has 5 aromatic rings. The fourth-order valence-electron chi connectivity index (χ4n) is 5.06. The standard InChI is InChI=1S/C31H28N4O2/c32-24(13-23-17-34-29-9-5-4-8-26(23)29)19-37-25-14-22(16-33-18-25)21-10-11-30-27(15-21)28(31(36)35-30)12-20-6-2-1-3-7-20/h1-11,14-18,24,28,34H,12-13,19,32H2,(H,35,36)/t24-,28?/m0/s1. The first kappa shape index (κ1) is 23.0. The number of anilines is 1. The van der Waals surface area contributed by atoms with Gasteiger partial charge in [0, 0.05) is 40.6 Å². The summed E-state index contributed by atoms with van der Waals surface area (Å²) in [5.41, 5.74) is 13.7. The Morgan fingerprint density at radius 2 is 1.78 bits per heavy atom. The Kier molecular flexibility index (Phi) is 6.16. The Bertz CT molecular complexity index is 1560. The first-order valence-electron chi connectivity index (χ1n) is 12.5. The van der Waals surface area contributed by atoms with Crippen molar-refractivity contribution in [1.29, 1.82) is 0 Å². The Labute approximate surface area is 215 Å². The predicted octanol–water partition coefficient (Wildman–Crippen LogP) is 5.46. The van der Waals surface area contributed by atoms with E-state index in [4.69, 9.17) is 10.5 Å². The third-order valence-electron chi connectivity index (χ3n) is 6.95. The van der Waals surface area contributed by atoms with Crippen molar-refractivity contribution in [3.8, 4) is 16.9 Å². The summed E-state index contributed by atoms with van der Waals surface area (Å²) >= 11 is 0. The molecule has 0 bridgehead atoms. The number of aromatic amines is 1. The van der Waals surface area contributed by atoms with E-state index in [1.54, 1.807) is 6.20 Å². The van der Waals surface area contributed by atoms with E-state index in [1.807, 2.05) is 60.9 Å². The van der Waals surface area contributed by atoms with Crippen LogP contribution >= 0.6 is 0 Å². The van der Waals surface area contributed by atoms with Crippen molar-refractivity contribution in [2.45, 2.75) is 24.8 Å². The van der Waals surface area contributed by atoms with Crippen molar-refractivity contribution in [3.63, 3.8) is 0 Å². The summed E-state index contributed by atoms with van der Waals surface area (Å²) < 4.78 is 6.04. The van der Waals surface area contributed by atoms with Crippen molar-refractivity contribution in [2.75, 3.05) is 11.9 Å². The lowest BCUT2D eigenvalue weighted by molar-refractivity contribution is -0.117. The molecule has 6 heteroatoms. The highest BCUT2D eigenvalue weighted by Gasteiger charge is 2.30. The van der Waals surface area contributed by atoms with Gasteiger partial charge in [-0.15, -0.1) is 0 Å². The maximum absolute atomic E-state index is 12.7. The number of nitrogens with one attached hydrogen (secondary N) is 2. The average molecular weight is 489 g/mol. The van der Waals surface area contributed by atoms with Gasteiger partial charge in [-0.25, -0.2) is 0 Å². The van der Waals surface area contributed by atoms with Crippen molar-refractivity contribution >= 4 is 22.5 Å². The number of hydrogen-bond acceptors (Lipinski definition) is 4. The summed E-state index contributed by atoms with van der Waals surface area (Å²) in [7, 11) is 0. The zero-order valence-electron chi connectivity index (χ0n) is 20.4. The van der Waals surface area contributed by atoms with E-state index < -0.39 is 0 Å². The zero-order valence-corrected chi connectivity index (χ0v) is 20.4. The normalized spacial score (nSPS) is 15.4. The van der Waals surface area contributed by atoms with Gasteiger partial charge in [-0.2, -0.15) is 0 Å². The molecule has 4 N–H and O–H groups in total. The zero-order chi connectivity index (χ0) is 25.2. The molecule has 3 aromatic carbocycles. The highest BCUT2D eigenvalue weighted by molar-refractivity contribution is 6.03. The molecule has 1 amide bonds. The van der Waals surface area contributed by atoms with Gasteiger partial charge in [0.25, 0.3) is 0 Å². The highest BCUT2D eigenvalue weighted by atomic mass is 16.5. The summed E-state index contributed by atoms with van der Waals surface area (Å²) in [5, 5.41) is 4.22. The number of fused-ring (bicyclic) bond motifs is 2. The van der Waals surface area contributed by atoms with Crippen LogP contribution in [-0.4, -0.2) is 28.5 Å². The van der Waals surface area contributed by atoms with Crippen molar-refractivity contribution < 1.29 is 9.53 Å². The van der Waals surface area contributed by atoms with E-state index in [0.29, 0.717) is 25.2 Å². The Balaban J connectivity index is 1.16. The van der Waals surface area contributed by atoms with Crippen molar-refractivity contribution in [1.82, 2.24) is 9.97 Å². The number of ether oxygens (including phenoxy) is 1. The molecule has 3 heterocycles. The quantitative estimate of drug-likeness (QED) is 0.271. The van der Waals surface area contributed by atoms with Crippen LogP contribution in [0.2, 0.25) is 0 Å². The van der Waals surface area contributed by atoms with Crippen LogP contribution in [0, 0.1) is 0 Å². The Morgan fingerprint density at radius 1 is 0.946 bits per heavy atom. The van der Waals surface area contributed by atoms with E-state index in [2.05, 4.69) is 45.6 Å². The summed E-state index contributed by atoms with van der Waals surface area (Å²) in [5.74, 6) is 0.491. The maximum Gasteiger partial charge on any atom is 0.232 e. The number of H-pyrrole nitrogens is 1. The van der Waals surface area contributed by atoms with Gasteiger partial charge in [-0.05, 0) is 59.4 Å². The van der Waals surface area contributed by atoms with E-state index in [9.17, 15) is 4.79 Å². The molecule has 2 atom stereocenters. The molecule has 37 heavy (non-hydrogen) atoms. The number of nitrogens with two attached hydrogens (primary N) is 1. The lowest BCUT2D eigenvalue weighted by Crippen LogP contribution is -2.30. The number of hydrogen-bond donors (Lipinski definition) is 3. The van der Waals surface area contributed by atoms with E-state index in [-0.39, 0.29) is 17.9 Å². The number of para-hydroxylation sites is 1. The van der Waals surface area contributed by atoms with Crippen molar-refractivity contribution in [3.05, 3.63) is 114 Å². The van der Waals surface area contributed by atoms with Gasteiger partial charge in [0.2, 0.25) is 5.91 Å². The molecule has 1 aliphatic heterocycles. The summed E-state index contributed by atoms with van der Waals surface area (Å²) in [6.07, 6.45) is 6.92. The second-order valence-electron chi connectivity index (χ2n) is 9.58. The van der Waals surface area contributed by atoms with Crippen molar-refractivity contribution in [2.24, 2.45) is 5.73 Å². The maximum atomic E-state index is 12.7. The smallest absolute Gasteiger partial charge is 0.232 e. The first-order valence-corrected chi connectivity index (χ1v) is 12.5. The minimum absolute atomic E-state index is 0.0374. The first-order chi connectivity index (χ1) is 18.1.